The molecule has 11 heteroatoms. The molecule has 0 bridgehead atoms. The molecular weight excluding hydrogens is 508 g/mol. The number of benzene rings is 2. The fraction of sp³-hybridized carbons (Fsp3) is 0.222. The Labute approximate surface area is 222 Å². The highest BCUT2D eigenvalue weighted by Crippen LogP contribution is 2.34. The van der Waals surface area contributed by atoms with E-state index in [0.717, 1.165) is 27.9 Å². The number of piperazine rings is 1. The third-order valence-electron chi connectivity index (χ3n) is 6.52. The van der Waals surface area contributed by atoms with E-state index in [9.17, 15) is 24.5 Å². The van der Waals surface area contributed by atoms with Gasteiger partial charge in [-0.05, 0) is 48.5 Å². The fourth-order valence-electron chi connectivity index (χ4n) is 4.42. The Balaban J connectivity index is 1.23. The topological polar surface area (TPSA) is 117 Å². The second-order valence-electron chi connectivity index (χ2n) is 8.93. The Hall–Kier alpha value is -4.38. The third kappa shape index (κ3) is 5.18. The Kier molecular flexibility index (Phi) is 7.01. The first-order valence-corrected chi connectivity index (χ1v) is 12.8. The first-order chi connectivity index (χ1) is 18.3. The SMILES string of the molecule is Cc1ccc([N+](=O)[O-])cc1-c1ccc(/C=C2/SC(=O)N(CC(=O)N3CCN(c4ccccc4)CC3)C2=O)o1. The van der Waals surface area contributed by atoms with Crippen molar-refractivity contribution in [2.24, 2.45) is 0 Å². The van der Waals surface area contributed by atoms with Crippen LogP contribution in [0.4, 0.5) is 16.2 Å². The van der Waals surface area contributed by atoms with Gasteiger partial charge in [-0.15, -0.1) is 0 Å². The van der Waals surface area contributed by atoms with Crippen molar-refractivity contribution in [1.82, 2.24) is 9.80 Å². The van der Waals surface area contributed by atoms with Crippen LogP contribution in [0.3, 0.4) is 0 Å². The van der Waals surface area contributed by atoms with E-state index < -0.39 is 16.1 Å². The van der Waals surface area contributed by atoms with E-state index in [2.05, 4.69) is 4.90 Å². The van der Waals surface area contributed by atoms with E-state index in [1.807, 2.05) is 37.3 Å². The number of para-hydroxylation sites is 1. The molecule has 3 aromatic rings. The number of thioether (sulfide) groups is 1. The number of hydrogen-bond acceptors (Lipinski definition) is 8. The van der Waals surface area contributed by atoms with Crippen molar-refractivity contribution >= 4 is 46.3 Å². The molecule has 38 heavy (non-hydrogen) atoms. The average molecular weight is 533 g/mol. The van der Waals surface area contributed by atoms with Crippen LogP contribution in [0, 0.1) is 17.0 Å². The highest BCUT2D eigenvalue weighted by Gasteiger charge is 2.37. The van der Waals surface area contributed by atoms with Crippen LogP contribution in [-0.4, -0.2) is 64.5 Å². The number of furan rings is 1. The summed E-state index contributed by atoms with van der Waals surface area (Å²) in [7, 11) is 0. The molecule has 0 unspecified atom stereocenters. The molecule has 2 saturated heterocycles. The van der Waals surface area contributed by atoms with Crippen molar-refractivity contribution in [3.63, 3.8) is 0 Å². The summed E-state index contributed by atoms with van der Waals surface area (Å²) in [5.74, 6) is -0.107. The maximum Gasteiger partial charge on any atom is 0.294 e. The lowest BCUT2D eigenvalue weighted by Gasteiger charge is -2.36. The van der Waals surface area contributed by atoms with Crippen molar-refractivity contribution in [2.75, 3.05) is 37.6 Å². The van der Waals surface area contributed by atoms with Gasteiger partial charge in [-0.1, -0.05) is 24.3 Å². The number of nitrogens with zero attached hydrogens (tertiary/aromatic N) is 4. The van der Waals surface area contributed by atoms with Crippen molar-refractivity contribution in [3.05, 3.63) is 87.0 Å². The highest BCUT2D eigenvalue weighted by atomic mass is 32.2. The van der Waals surface area contributed by atoms with Gasteiger partial charge in [0.1, 0.15) is 18.1 Å². The van der Waals surface area contributed by atoms with Gasteiger partial charge in [-0.2, -0.15) is 0 Å². The summed E-state index contributed by atoms with van der Waals surface area (Å²) in [5.41, 5.74) is 2.39. The average Bonchev–Trinajstić information content (AvgIpc) is 3.49. The molecule has 5 rings (SSSR count). The molecule has 194 valence electrons. The lowest BCUT2D eigenvalue weighted by molar-refractivity contribution is -0.384. The molecule has 3 heterocycles. The Morgan fingerprint density at radius 2 is 1.79 bits per heavy atom. The van der Waals surface area contributed by atoms with Gasteiger partial charge in [0.15, 0.2) is 0 Å². The van der Waals surface area contributed by atoms with E-state index in [1.54, 1.807) is 23.1 Å². The van der Waals surface area contributed by atoms with E-state index in [1.165, 1.54) is 18.2 Å². The predicted octanol–water partition coefficient (Wildman–Crippen LogP) is 4.55. The number of carbonyl (C=O) groups is 3. The molecule has 0 spiro atoms. The predicted molar refractivity (Wildman–Crippen MR) is 143 cm³/mol. The number of imide groups is 1. The van der Waals surface area contributed by atoms with Crippen LogP contribution in [0.2, 0.25) is 0 Å². The number of non-ortho nitro benzene ring substituents is 1. The van der Waals surface area contributed by atoms with E-state index in [4.69, 9.17) is 4.42 Å². The summed E-state index contributed by atoms with van der Waals surface area (Å²) < 4.78 is 5.81. The van der Waals surface area contributed by atoms with E-state index in [0.29, 0.717) is 43.3 Å². The fourth-order valence-corrected chi connectivity index (χ4v) is 5.24. The van der Waals surface area contributed by atoms with Crippen molar-refractivity contribution in [3.8, 4) is 11.3 Å². The zero-order chi connectivity index (χ0) is 26.8. The summed E-state index contributed by atoms with van der Waals surface area (Å²) >= 11 is 0.748. The highest BCUT2D eigenvalue weighted by molar-refractivity contribution is 8.18. The summed E-state index contributed by atoms with van der Waals surface area (Å²) in [6.07, 6.45) is 1.45. The van der Waals surface area contributed by atoms with Gasteiger partial charge in [0.25, 0.3) is 16.8 Å². The number of amides is 3. The molecule has 0 radical (unpaired) electrons. The summed E-state index contributed by atoms with van der Waals surface area (Å²) in [5, 5.41) is 10.6. The van der Waals surface area contributed by atoms with Gasteiger partial charge < -0.3 is 14.2 Å². The largest absolute Gasteiger partial charge is 0.457 e. The quantitative estimate of drug-likeness (QED) is 0.258. The van der Waals surface area contributed by atoms with E-state index in [-0.39, 0.29) is 23.0 Å². The number of anilines is 1. The molecule has 0 N–H and O–H groups in total. The first-order valence-electron chi connectivity index (χ1n) is 12.0. The number of hydrogen-bond donors (Lipinski definition) is 0. The minimum atomic E-state index is -0.555. The van der Waals surface area contributed by atoms with Crippen LogP contribution in [0.25, 0.3) is 17.4 Å². The lowest BCUT2D eigenvalue weighted by Crippen LogP contribution is -2.51. The minimum Gasteiger partial charge on any atom is -0.457 e. The maximum absolute atomic E-state index is 12.9. The lowest BCUT2D eigenvalue weighted by atomic mass is 10.1. The number of carbonyl (C=O) groups excluding carboxylic acids is 3. The number of nitro groups is 1. The van der Waals surface area contributed by atoms with Gasteiger partial charge in [0.2, 0.25) is 5.91 Å². The summed E-state index contributed by atoms with van der Waals surface area (Å²) in [6, 6.07) is 17.7. The molecule has 3 amide bonds. The molecular formula is C27H24N4O6S. The van der Waals surface area contributed by atoms with Gasteiger partial charge >= 0.3 is 0 Å². The Morgan fingerprint density at radius 3 is 2.50 bits per heavy atom. The second-order valence-corrected chi connectivity index (χ2v) is 9.92. The standard InChI is InChI=1S/C27H24N4O6S/c1-18-7-8-20(31(35)36)15-22(18)23-10-9-21(37-23)16-24-26(33)30(27(34)38-24)17-25(32)29-13-11-28(12-14-29)19-5-3-2-4-6-19/h2-10,15-16H,11-14,17H2,1H3/b24-16+. The molecule has 0 atom stereocenters. The van der Waals surface area contributed by atoms with Crippen molar-refractivity contribution < 1.29 is 23.7 Å². The molecule has 2 aliphatic heterocycles. The maximum atomic E-state index is 12.9. The summed E-state index contributed by atoms with van der Waals surface area (Å²) in [6.45, 7) is 3.84. The minimum absolute atomic E-state index is 0.0594. The van der Waals surface area contributed by atoms with Gasteiger partial charge in [0.05, 0.1) is 9.83 Å². The molecule has 2 aromatic carbocycles. The van der Waals surface area contributed by atoms with Crippen LogP contribution in [0.5, 0.6) is 0 Å². The van der Waals surface area contributed by atoms with Crippen LogP contribution < -0.4 is 4.90 Å². The second kappa shape index (κ2) is 10.5. The van der Waals surface area contributed by atoms with Crippen LogP contribution in [0.15, 0.2) is 70.0 Å². The van der Waals surface area contributed by atoms with E-state index >= 15 is 0 Å². The number of rotatable bonds is 6. The molecule has 0 saturated carbocycles. The van der Waals surface area contributed by atoms with Crippen LogP contribution >= 0.6 is 11.8 Å². The zero-order valence-corrected chi connectivity index (χ0v) is 21.3. The van der Waals surface area contributed by atoms with Gasteiger partial charge in [0, 0.05) is 55.6 Å². The summed E-state index contributed by atoms with van der Waals surface area (Å²) in [4.78, 5) is 54.0. The molecule has 10 nitrogen and oxygen atoms in total. The number of aryl methyl sites for hydroxylation is 1. The van der Waals surface area contributed by atoms with Crippen molar-refractivity contribution in [1.29, 1.82) is 0 Å². The van der Waals surface area contributed by atoms with Crippen LogP contribution in [0.1, 0.15) is 11.3 Å². The molecule has 1 aromatic heterocycles. The third-order valence-corrected chi connectivity index (χ3v) is 7.43. The van der Waals surface area contributed by atoms with Gasteiger partial charge in [-0.3, -0.25) is 29.4 Å². The number of nitro benzene ring substituents is 1. The van der Waals surface area contributed by atoms with Crippen LogP contribution in [-0.2, 0) is 9.59 Å². The monoisotopic (exact) mass is 532 g/mol. The van der Waals surface area contributed by atoms with Gasteiger partial charge in [-0.25, -0.2) is 0 Å². The Bertz CT molecular complexity index is 1440. The first kappa shape index (κ1) is 25.3. The normalized spacial score (nSPS) is 17.0. The van der Waals surface area contributed by atoms with Crippen molar-refractivity contribution in [2.45, 2.75) is 6.92 Å². The smallest absolute Gasteiger partial charge is 0.294 e. The zero-order valence-electron chi connectivity index (χ0n) is 20.5. The molecule has 2 aliphatic rings. The molecule has 0 aliphatic carbocycles. The molecule has 2 fully saturated rings. The Morgan fingerprint density at radius 1 is 1.05 bits per heavy atom.